The molecule has 1 aliphatic heterocycles. The van der Waals surface area contributed by atoms with Crippen molar-refractivity contribution in [3.63, 3.8) is 0 Å². The van der Waals surface area contributed by atoms with E-state index in [1.54, 1.807) is 12.1 Å². The Morgan fingerprint density at radius 2 is 1.76 bits per heavy atom. The largest absolute Gasteiger partial charge is 0.489 e. The normalized spacial score (nSPS) is 14.7. The van der Waals surface area contributed by atoms with E-state index in [0.717, 1.165) is 22.4 Å². The molecule has 33 heavy (non-hydrogen) atoms. The molecule has 1 amide bonds. The van der Waals surface area contributed by atoms with Gasteiger partial charge >= 0.3 is 5.97 Å². The number of thiocarbonyl (C=S) groups is 1. The lowest BCUT2D eigenvalue weighted by Gasteiger charge is -2.17. The minimum atomic E-state index is -1.05. The number of benzene rings is 3. The molecule has 1 N–H and O–H groups in total. The van der Waals surface area contributed by atoms with E-state index in [0.29, 0.717) is 21.5 Å². The molecule has 0 unspecified atom stereocenters. The average Bonchev–Trinajstić information content (AvgIpc) is 3.07. The second kappa shape index (κ2) is 9.60. The van der Waals surface area contributed by atoms with Crippen LogP contribution in [0.3, 0.4) is 0 Å². The molecular weight excluding hydrogens is 454 g/mol. The third-order valence-corrected chi connectivity index (χ3v) is 6.50. The summed E-state index contributed by atoms with van der Waals surface area (Å²) in [6.45, 7) is 4.34. The van der Waals surface area contributed by atoms with Gasteiger partial charge in [0.15, 0.2) is 4.32 Å². The maximum absolute atomic E-state index is 13.1. The van der Waals surface area contributed by atoms with Crippen molar-refractivity contribution in [1.29, 1.82) is 0 Å². The summed E-state index contributed by atoms with van der Waals surface area (Å²) in [4.78, 5) is 26.3. The van der Waals surface area contributed by atoms with E-state index in [-0.39, 0.29) is 11.5 Å². The number of nitrogens with zero attached hydrogens (tertiary/aromatic N) is 1. The zero-order valence-electron chi connectivity index (χ0n) is 18.1. The third kappa shape index (κ3) is 5.16. The summed E-state index contributed by atoms with van der Waals surface area (Å²) in [6, 6.07) is 20.3. The van der Waals surface area contributed by atoms with Crippen LogP contribution in [0.4, 0.5) is 5.69 Å². The molecule has 0 spiro atoms. The van der Waals surface area contributed by atoms with Crippen LogP contribution in [0.1, 0.15) is 32.6 Å². The molecule has 3 aromatic carbocycles. The molecule has 0 radical (unpaired) electrons. The molecular formula is C26H21NO4S2. The molecule has 166 valence electrons. The molecule has 1 saturated heterocycles. The van der Waals surface area contributed by atoms with Crippen LogP contribution in [0, 0.1) is 13.8 Å². The van der Waals surface area contributed by atoms with Gasteiger partial charge in [0.1, 0.15) is 12.4 Å². The van der Waals surface area contributed by atoms with Gasteiger partial charge in [-0.2, -0.15) is 0 Å². The summed E-state index contributed by atoms with van der Waals surface area (Å²) in [5.74, 6) is -0.585. The summed E-state index contributed by atoms with van der Waals surface area (Å²) in [6.07, 6.45) is 1.78. The van der Waals surface area contributed by atoms with Gasteiger partial charge in [-0.3, -0.25) is 9.69 Å². The lowest BCUT2D eigenvalue weighted by Crippen LogP contribution is -2.28. The number of aromatic carboxylic acids is 1. The first-order chi connectivity index (χ1) is 15.8. The smallest absolute Gasteiger partial charge is 0.335 e. The van der Waals surface area contributed by atoms with Crippen LogP contribution in [0.25, 0.3) is 6.08 Å². The van der Waals surface area contributed by atoms with Gasteiger partial charge < -0.3 is 9.84 Å². The second-order valence-corrected chi connectivity index (χ2v) is 9.34. The summed E-state index contributed by atoms with van der Waals surface area (Å²) < 4.78 is 6.21. The number of rotatable bonds is 6. The van der Waals surface area contributed by atoms with Crippen molar-refractivity contribution in [3.8, 4) is 5.75 Å². The summed E-state index contributed by atoms with van der Waals surface area (Å²) >= 11 is 6.63. The van der Waals surface area contributed by atoms with E-state index in [9.17, 15) is 14.7 Å². The predicted octanol–water partition coefficient (Wildman–Crippen LogP) is 5.99. The molecule has 0 saturated carbocycles. The zero-order valence-corrected chi connectivity index (χ0v) is 19.7. The Morgan fingerprint density at radius 1 is 1.06 bits per heavy atom. The Labute approximate surface area is 201 Å². The Balaban J connectivity index is 1.49. The van der Waals surface area contributed by atoms with E-state index >= 15 is 0 Å². The Bertz CT molecular complexity index is 1260. The maximum atomic E-state index is 13.1. The molecule has 0 atom stereocenters. The molecule has 7 heteroatoms. The standard InChI is InChI=1S/C26H21NO4S2/c1-16-3-6-19(7-4-16)15-31-21-11-8-18(9-12-21)13-23-24(28)27(26(32)33-23)22-14-20(25(29)30)10-5-17(22)2/h3-14H,15H2,1-2H3,(H,29,30)/b23-13-. The van der Waals surface area contributed by atoms with Crippen LogP contribution in [-0.4, -0.2) is 21.3 Å². The molecule has 0 bridgehead atoms. The highest BCUT2D eigenvalue weighted by Gasteiger charge is 2.34. The van der Waals surface area contributed by atoms with Crippen molar-refractivity contribution in [2.24, 2.45) is 0 Å². The van der Waals surface area contributed by atoms with Crippen molar-refractivity contribution >= 4 is 51.9 Å². The lowest BCUT2D eigenvalue weighted by molar-refractivity contribution is -0.113. The average molecular weight is 476 g/mol. The number of hydrogen-bond acceptors (Lipinski definition) is 5. The molecule has 3 aromatic rings. The molecule has 0 aromatic heterocycles. The first kappa shape index (κ1) is 22.8. The Morgan fingerprint density at radius 3 is 2.42 bits per heavy atom. The Hall–Kier alpha value is -3.42. The number of carboxylic acid groups (broad SMARTS) is 1. The summed E-state index contributed by atoms with van der Waals surface area (Å²) in [7, 11) is 0. The van der Waals surface area contributed by atoms with Crippen molar-refractivity contribution in [3.05, 3.63) is 99.5 Å². The van der Waals surface area contributed by atoms with Gasteiger partial charge in [-0.05, 0) is 60.9 Å². The van der Waals surface area contributed by atoms with Crippen LogP contribution in [0.15, 0.2) is 71.6 Å². The van der Waals surface area contributed by atoms with E-state index < -0.39 is 5.97 Å². The number of amides is 1. The van der Waals surface area contributed by atoms with E-state index in [1.807, 2.05) is 50.2 Å². The predicted molar refractivity (Wildman–Crippen MR) is 136 cm³/mol. The van der Waals surface area contributed by atoms with Gasteiger partial charge in [0, 0.05) is 0 Å². The van der Waals surface area contributed by atoms with Crippen LogP contribution in [-0.2, 0) is 11.4 Å². The van der Waals surface area contributed by atoms with Crippen molar-refractivity contribution in [2.45, 2.75) is 20.5 Å². The fourth-order valence-electron chi connectivity index (χ4n) is 3.32. The summed E-state index contributed by atoms with van der Waals surface area (Å²) in [5, 5.41) is 9.29. The van der Waals surface area contributed by atoms with Crippen LogP contribution in [0.5, 0.6) is 5.75 Å². The minimum absolute atomic E-state index is 0.106. The van der Waals surface area contributed by atoms with Gasteiger partial charge in [0.2, 0.25) is 0 Å². The van der Waals surface area contributed by atoms with Crippen LogP contribution >= 0.6 is 24.0 Å². The van der Waals surface area contributed by atoms with Crippen LogP contribution in [0.2, 0.25) is 0 Å². The fourth-order valence-corrected chi connectivity index (χ4v) is 4.61. The molecule has 1 fully saturated rings. The molecule has 4 rings (SSSR count). The highest BCUT2D eigenvalue weighted by atomic mass is 32.2. The number of carbonyl (C=O) groups excluding carboxylic acids is 1. The quantitative estimate of drug-likeness (QED) is 0.349. The van der Waals surface area contributed by atoms with Gasteiger partial charge in [-0.25, -0.2) is 4.79 Å². The van der Waals surface area contributed by atoms with Crippen molar-refractivity contribution in [1.82, 2.24) is 0 Å². The van der Waals surface area contributed by atoms with E-state index in [2.05, 4.69) is 12.1 Å². The van der Waals surface area contributed by atoms with Crippen LogP contribution < -0.4 is 9.64 Å². The second-order valence-electron chi connectivity index (χ2n) is 7.67. The Kier molecular flexibility index (Phi) is 6.62. The van der Waals surface area contributed by atoms with E-state index in [1.165, 1.54) is 34.4 Å². The lowest BCUT2D eigenvalue weighted by atomic mass is 10.1. The first-order valence-corrected chi connectivity index (χ1v) is 11.4. The van der Waals surface area contributed by atoms with Gasteiger partial charge in [-0.1, -0.05) is 72.0 Å². The number of hydrogen-bond donors (Lipinski definition) is 1. The highest BCUT2D eigenvalue weighted by molar-refractivity contribution is 8.27. The third-order valence-electron chi connectivity index (χ3n) is 5.19. The topological polar surface area (TPSA) is 66.8 Å². The number of thioether (sulfide) groups is 1. The molecule has 1 aliphatic rings. The van der Waals surface area contributed by atoms with Crippen molar-refractivity contribution < 1.29 is 19.4 Å². The minimum Gasteiger partial charge on any atom is -0.489 e. The van der Waals surface area contributed by atoms with Gasteiger partial charge in [-0.15, -0.1) is 0 Å². The molecule has 0 aliphatic carbocycles. The van der Waals surface area contributed by atoms with Gasteiger partial charge in [0.25, 0.3) is 5.91 Å². The monoisotopic (exact) mass is 475 g/mol. The molecule has 1 heterocycles. The number of aryl methyl sites for hydroxylation is 2. The number of carbonyl (C=O) groups is 2. The van der Waals surface area contributed by atoms with Crippen molar-refractivity contribution in [2.75, 3.05) is 4.90 Å². The summed E-state index contributed by atoms with van der Waals surface area (Å²) in [5.41, 5.74) is 4.51. The maximum Gasteiger partial charge on any atom is 0.335 e. The zero-order chi connectivity index (χ0) is 23.5. The molecule has 5 nitrogen and oxygen atoms in total. The number of ether oxygens (including phenoxy) is 1. The SMILES string of the molecule is Cc1ccc(COc2ccc(/C=C3\SC(=S)N(c4cc(C(=O)O)ccc4C)C3=O)cc2)cc1. The fraction of sp³-hybridized carbons (Fsp3) is 0.115. The number of carboxylic acids is 1. The van der Waals surface area contributed by atoms with E-state index in [4.69, 9.17) is 17.0 Å². The number of anilines is 1. The highest BCUT2D eigenvalue weighted by Crippen LogP contribution is 2.37. The first-order valence-electron chi connectivity index (χ1n) is 10.2. The van der Waals surface area contributed by atoms with Gasteiger partial charge in [0.05, 0.1) is 16.2 Å².